The van der Waals surface area contributed by atoms with Crippen molar-refractivity contribution >= 4 is 29.9 Å². The highest BCUT2D eigenvalue weighted by Gasteiger charge is 2.35. The van der Waals surface area contributed by atoms with Crippen molar-refractivity contribution in [2.45, 2.75) is 6.42 Å². The van der Waals surface area contributed by atoms with Gasteiger partial charge in [0, 0.05) is 19.0 Å². The molecule has 1 amide bonds. The molecule has 0 radical (unpaired) electrons. The van der Waals surface area contributed by atoms with E-state index >= 15 is 0 Å². The third-order valence-electron chi connectivity index (χ3n) is 3.13. The van der Waals surface area contributed by atoms with E-state index in [1.807, 2.05) is 0 Å². The molecule has 0 spiro atoms. The van der Waals surface area contributed by atoms with Crippen LogP contribution in [0.2, 0.25) is 0 Å². The summed E-state index contributed by atoms with van der Waals surface area (Å²) >= 11 is 4.18. The number of hydrogen-bond donors (Lipinski definition) is 1. The summed E-state index contributed by atoms with van der Waals surface area (Å²) in [6, 6.07) is 4.53. The molecule has 1 aliphatic rings. The Morgan fingerprint density at radius 3 is 2.84 bits per heavy atom. The zero-order valence-electron chi connectivity index (χ0n) is 10.4. The summed E-state index contributed by atoms with van der Waals surface area (Å²) < 4.78 is 5.15. The second-order valence-electron chi connectivity index (χ2n) is 4.34. The summed E-state index contributed by atoms with van der Waals surface area (Å²) in [6.07, 6.45) is 0.360. The van der Waals surface area contributed by atoms with E-state index in [9.17, 15) is 14.9 Å². The average molecular weight is 282 g/mol. The largest absolute Gasteiger partial charge is 0.494 e. The fraction of sp³-hybridized carbons (Fsp3) is 0.417. The number of nitrogens with zero attached hydrogens (tertiary/aromatic N) is 2. The maximum Gasteiger partial charge on any atom is 0.296 e. The number of rotatable bonds is 4. The predicted molar refractivity (Wildman–Crippen MR) is 74.0 cm³/mol. The zero-order chi connectivity index (χ0) is 14.0. The van der Waals surface area contributed by atoms with Crippen LogP contribution in [-0.4, -0.2) is 30.2 Å². The Hall–Kier alpha value is -1.76. The summed E-state index contributed by atoms with van der Waals surface area (Å²) in [5.41, 5.74) is 0.122. The van der Waals surface area contributed by atoms with Gasteiger partial charge in [-0.2, -0.15) is 12.6 Å². The van der Waals surface area contributed by atoms with Gasteiger partial charge in [-0.15, -0.1) is 0 Å². The Bertz CT molecular complexity index is 520. The minimum atomic E-state index is -0.501. The average Bonchev–Trinajstić information content (AvgIpc) is 2.78. The molecule has 102 valence electrons. The lowest BCUT2D eigenvalue weighted by Gasteiger charge is -2.19. The Kier molecular flexibility index (Phi) is 3.94. The van der Waals surface area contributed by atoms with Gasteiger partial charge in [-0.3, -0.25) is 14.9 Å². The van der Waals surface area contributed by atoms with Crippen molar-refractivity contribution in [1.82, 2.24) is 0 Å². The van der Waals surface area contributed by atoms with Crippen LogP contribution in [-0.2, 0) is 4.79 Å². The molecule has 1 unspecified atom stereocenters. The Morgan fingerprint density at radius 2 is 2.32 bits per heavy atom. The molecule has 1 atom stereocenters. The van der Waals surface area contributed by atoms with E-state index in [-0.39, 0.29) is 23.2 Å². The molecule has 1 aliphatic heterocycles. The first-order valence-corrected chi connectivity index (χ1v) is 6.44. The van der Waals surface area contributed by atoms with Gasteiger partial charge in [0.25, 0.3) is 5.69 Å². The number of benzene rings is 1. The number of anilines is 1. The molecule has 0 saturated carbocycles. The van der Waals surface area contributed by atoms with Crippen molar-refractivity contribution < 1.29 is 14.5 Å². The van der Waals surface area contributed by atoms with Crippen molar-refractivity contribution in [2.75, 3.05) is 24.3 Å². The number of carbonyl (C=O) groups is 1. The number of nitro benzene ring substituents is 1. The molecular weight excluding hydrogens is 268 g/mol. The molecule has 2 rings (SSSR count). The molecule has 0 bridgehead atoms. The van der Waals surface area contributed by atoms with Crippen molar-refractivity contribution in [2.24, 2.45) is 5.92 Å². The molecule has 0 N–H and O–H groups in total. The maximum absolute atomic E-state index is 12.0. The van der Waals surface area contributed by atoms with Crippen LogP contribution in [0, 0.1) is 16.0 Å². The fourth-order valence-electron chi connectivity index (χ4n) is 2.21. The fourth-order valence-corrected chi connectivity index (χ4v) is 2.46. The van der Waals surface area contributed by atoms with Crippen molar-refractivity contribution in [3.8, 4) is 5.75 Å². The number of ether oxygens (including phenoxy) is 1. The highest BCUT2D eigenvalue weighted by molar-refractivity contribution is 7.80. The first kappa shape index (κ1) is 13.7. The predicted octanol–water partition coefficient (Wildman–Crippen LogP) is 1.89. The second-order valence-corrected chi connectivity index (χ2v) is 4.71. The molecule has 1 saturated heterocycles. The van der Waals surface area contributed by atoms with Gasteiger partial charge in [0.1, 0.15) is 5.75 Å². The monoisotopic (exact) mass is 282 g/mol. The summed E-state index contributed by atoms with van der Waals surface area (Å²) in [7, 11) is 1.43. The lowest BCUT2D eigenvalue weighted by atomic mass is 10.1. The standard InChI is InChI=1S/C12H14N2O4S/c1-18-10-4-2-3-9(14(16)17)12(10)13-6-8(7-19)5-11(13)15/h2-4,8,19H,5-7H2,1H3. The topological polar surface area (TPSA) is 72.7 Å². The quantitative estimate of drug-likeness (QED) is 0.520. The normalized spacial score (nSPS) is 18.7. The second kappa shape index (κ2) is 5.48. The number of para-hydroxylation sites is 1. The number of amides is 1. The molecule has 6 nitrogen and oxygen atoms in total. The number of nitro groups is 1. The minimum absolute atomic E-state index is 0.111. The molecule has 7 heteroatoms. The highest BCUT2D eigenvalue weighted by Crippen LogP contribution is 2.40. The zero-order valence-corrected chi connectivity index (χ0v) is 11.3. The molecule has 0 aliphatic carbocycles. The summed E-state index contributed by atoms with van der Waals surface area (Å²) in [6.45, 7) is 0.434. The first-order valence-electron chi connectivity index (χ1n) is 5.81. The Labute approximate surface area is 115 Å². The van der Waals surface area contributed by atoms with Gasteiger partial charge in [-0.25, -0.2) is 0 Å². The van der Waals surface area contributed by atoms with E-state index in [2.05, 4.69) is 12.6 Å². The smallest absolute Gasteiger partial charge is 0.296 e. The van der Waals surface area contributed by atoms with E-state index in [0.717, 1.165) is 0 Å². The van der Waals surface area contributed by atoms with E-state index in [1.165, 1.54) is 24.1 Å². The third kappa shape index (κ3) is 2.51. The van der Waals surface area contributed by atoms with Crippen molar-refractivity contribution in [1.29, 1.82) is 0 Å². The van der Waals surface area contributed by atoms with E-state index in [0.29, 0.717) is 24.5 Å². The van der Waals surface area contributed by atoms with E-state index < -0.39 is 4.92 Å². The maximum atomic E-state index is 12.0. The van der Waals surface area contributed by atoms with Gasteiger partial charge in [0.15, 0.2) is 5.69 Å². The molecule has 0 aromatic heterocycles. The van der Waals surface area contributed by atoms with Crippen LogP contribution < -0.4 is 9.64 Å². The van der Waals surface area contributed by atoms with Gasteiger partial charge in [-0.05, 0) is 17.7 Å². The summed E-state index contributed by atoms with van der Waals surface area (Å²) in [4.78, 5) is 24.0. The summed E-state index contributed by atoms with van der Waals surface area (Å²) in [5.74, 6) is 0.889. The van der Waals surface area contributed by atoms with E-state index in [1.54, 1.807) is 6.07 Å². The molecular formula is C12H14N2O4S. The van der Waals surface area contributed by atoms with Gasteiger partial charge >= 0.3 is 0 Å². The van der Waals surface area contributed by atoms with Gasteiger partial charge < -0.3 is 9.64 Å². The molecule has 19 heavy (non-hydrogen) atoms. The van der Waals surface area contributed by atoms with Crippen LogP contribution in [0.15, 0.2) is 18.2 Å². The van der Waals surface area contributed by atoms with Gasteiger partial charge in [-0.1, -0.05) is 6.07 Å². The Morgan fingerprint density at radius 1 is 1.58 bits per heavy atom. The SMILES string of the molecule is COc1cccc([N+](=O)[O-])c1N1CC(CS)CC1=O. The summed E-state index contributed by atoms with van der Waals surface area (Å²) in [5, 5.41) is 11.1. The Balaban J connectivity index is 2.48. The highest BCUT2D eigenvalue weighted by atomic mass is 32.1. The van der Waals surface area contributed by atoms with Crippen LogP contribution >= 0.6 is 12.6 Å². The molecule has 1 aromatic rings. The lowest BCUT2D eigenvalue weighted by Crippen LogP contribution is -2.26. The van der Waals surface area contributed by atoms with Crippen molar-refractivity contribution in [3.05, 3.63) is 28.3 Å². The number of methoxy groups -OCH3 is 1. The number of hydrogen-bond acceptors (Lipinski definition) is 5. The van der Waals surface area contributed by atoms with Crippen LogP contribution in [0.1, 0.15) is 6.42 Å². The van der Waals surface area contributed by atoms with E-state index in [4.69, 9.17) is 4.74 Å². The number of carbonyl (C=O) groups excluding carboxylic acids is 1. The molecule has 1 heterocycles. The van der Waals surface area contributed by atoms with Gasteiger partial charge in [0.2, 0.25) is 5.91 Å². The van der Waals surface area contributed by atoms with Crippen LogP contribution in [0.3, 0.4) is 0 Å². The number of thiol groups is 1. The lowest BCUT2D eigenvalue weighted by molar-refractivity contribution is -0.384. The van der Waals surface area contributed by atoms with Crippen LogP contribution in [0.4, 0.5) is 11.4 Å². The minimum Gasteiger partial charge on any atom is -0.494 e. The van der Waals surface area contributed by atoms with Gasteiger partial charge in [0.05, 0.1) is 12.0 Å². The third-order valence-corrected chi connectivity index (χ3v) is 3.64. The van der Waals surface area contributed by atoms with Crippen LogP contribution in [0.5, 0.6) is 5.75 Å². The molecule has 1 aromatic carbocycles. The van der Waals surface area contributed by atoms with Crippen molar-refractivity contribution in [3.63, 3.8) is 0 Å². The molecule has 1 fully saturated rings. The van der Waals surface area contributed by atoms with Crippen LogP contribution in [0.25, 0.3) is 0 Å². The first-order chi connectivity index (χ1) is 9.08.